The van der Waals surface area contributed by atoms with Crippen molar-refractivity contribution in [2.75, 3.05) is 32.7 Å². The van der Waals surface area contributed by atoms with Crippen LogP contribution in [0, 0.1) is 17.3 Å². The Morgan fingerprint density at radius 1 is 1.24 bits per heavy atom. The number of β-amino-alcohol motifs (C(OH)–C–C–N with tert-alkyl or cyclic N) is 1. The molecule has 2 atom stereocenters. The minimum Gasteiger partial charge on any atom is -0.392 e. The lowest BCUT2D eigenvalue weighted by molar-refractivity contribution is 0.00191. The summed E-state index contributed by atoms with van der Waals surface area (Å²) in [6.45, 7) is 12.3. The molecular formula is C18H36N2O. The highest BCUT2D eigenvalue weighted by molar-refractivity contribution is 4.90. The van der Waals surface area contributed by atoms with E-state index in [0.717, 1.165) is 32.0 Å². The van der Waals surface area contributed by atoms with E-state index in [1.54, 1.807) is 0 Å². The second-order valence-corrected chi connectivity index (χ2v) is 8.15. The summed E-state index contributed by atoms with van der Waals surface area (Å²) in [6.07, 6.45) is 7.93. The van der Waals surface area contributed by atoms with Gasteiger partial charge in [-0.1, -0.05) is 40.0 Å². The van der Waals surface area contributed by atoms with Gasteiger partial charge in [-0.2, -0.15) is 0 Å². The normalized spacial score (nSPS) is 30.7. The molecule has 1 aliphatic heterocycles. The lowest BCUT2D eigenvalue weighted by atomic mass is 9.73. The number of aliphatic hydroxyl groups is 1. The molecule has 2 aliphatic rings. The van der Waals surface area contributed by atoms with E-state index in [0.29, 0.717) is 11.3 Å². The second kappa shape index (κ2) is 7.94. The summed E-state index contributed by atoms with van der Waals surface area (Å²) in [6, 6.07) is 0. The number of hydrogen-bond acceptors (Lipinski definition) is 3. The van der Waals surface area contributed by atoms with Gasteiger partial charge in [-0.15, -0.1) is 0 Å². The smallest absolute Gasteiger partial charge is 0.0693 e. The average molecular weight is 296 g/mol. The quantitative estimate of drug-likeness (QED) is 0.791. The van der Waals surface area contributed by atoms with Crippen molar-refractivity contribution in [3.63, 3.8) is 0 Å². The predicted octanol–water partition coefficient (Wildman–Crippen LogP) is 2.89. The van der Waals surface area contributed by atoms with Crippen LogP contribution in [0.5, 0.6) is 0 Å². The first kappa shape index (κ1) is 17.2. The van der Waals surface area contributed by atoms with E-state index >= 15 is 0 Å². The Balaban J connectivity index is 1.89. The molecule has 0 aromatic carbocycles. The van der Waals surface area contributed by atoms with Gasteiger partial charge in [0.1, 0.15) is 0 Å². The lowest BCUT2D eigenvalue weighted by Gasteiger charge is -2.44. The van der Waals surface area contributed by atoms with Gasteiger partial charge >= 0.3 is 0 Å². The van der Waals surface area contributed by atoms with Crippen LogP contribution in [0.25, 0.3) is 0 Å². The van der Waals surface area contributed by atoms with Crippen LogP contribution in [0.3, 0.4) is 0 Å². The van der Waals surface area contributed by atoms with E-state index in [4.69, 9.17) is 0 Å². The predicted molar refractivity (Wildman–Crippen MR) is 89.5 cm³/mol. The van der Waals surface area contributed by atoms with Crippen molar-refractivity contribution in [2.24, 2.45) is 17.3 Å². The first-order valence-corrected chi connectivity index (χ1v) is 9.12. The molecule has 1 aliphatic carbocycles. The van der Waals surface area contributed by atoms with Gasteiger partial charge in [-0.05, 0) is 49.6 Å². The zero-order valence-corrected chi connectivity index (χ0v) is 14.4. The number of rotatable bonds is 6. The van der Waals surface area contributed by atoms with Crippen molar-refractivity contribution < 1.29 is 5.11 Å². The number of hydrogen-bond donors (Lipinski definition) is 2. The molecule has 3 heteroatoms. The molecule has 0 bridgehead atoms. The summed E-state index contributed by atoms with van der Waals surface area (Å²) < 4.78 is 0. The Bertz CT molecular complexity index is 300. The Morgan fingerprint density at radius 2 is 1.95 bits per heavy atom. The second-order valence-electron chi connectivity index (χ2n) is 8.15. The van der Waals surface area contributed by atoms with Gasteiger partial charge in [0.05, 0.1) is 6.10 Å². The maximum Gasteiger partial charge on any atom is 0.0693 e. The monoisotopic (exact) mass is 296 g/mol. The van der Waals surface area contributed by atoms with Gasteiger partial charge in [0.2, 0.25) is 0 Å². The highest BCUT2D eigenvalue weighted by Crippen LogP contribution is 2.37. The minimum absolute atomic E-state index is 0.122. The van der Waals surface area contributed by atoms with Crippen LogP contribution in [-0.4, -0.2) is 48.8 Å². The minimum atomic E-state index is -0.122. The molecule has 0 aromatic heterocycles. The fourth-order valence-corrected chi connectivity index (χ4v) is 4.05. The van der Waals surface area contributed by atoms with E-state index in [2.05, 4.69) is 31.0 Å². The molecule has 2 rings (SSSR count). The third-order valence-electron chi connectivity index (χ3n) is 5.53. The number of nitrogens with zero attached hydrogens (tertiary/aromatic N) is 1. The number of likely N-dealkylation sites (tertiary alicyclic amines) is 1. The maximum atomic E-state index is 10.2. The van der Waals surface area contributed by atoms with Gasteiger partial charge in [-0.25, -0.2) is 0 Å². The average Bonchev–Trinajstić information content (AvgIpc) is 2.43. The first-order chi connectivity index (χ1) is 10.0. The third kappa shape index (κ3) is 5.22. The number of piperidine rings is 1. The van der Waals surface area contributed by atoms with E-state index in [9.17, 15) is 5.11 Å². The Hall–Kier alpha value is -0.120. The van der Waals surface area contributed by atoms with Crippen LogP contribution in [-0.2, 0) is 0 Å². The summed E-state index contributed by atoms with van der Waals surface area (Å²) in [7, 11) is 0. The van der Waals surface area contributed by atoms with E-state index in [1.807, 2.05) is 0 Å². The largest absolute Gasteiger partial charge is 0.392 e. The SMILES string of the molecule is CC(C)CNCC1(CN2CCC(C)C(O)C2)CCCCC1. The maximum absolute atomic E-state index is 10.2. The molecule has 1 saturated carbocycles. The van der Waals surface area contributed by atoms with Crippen molar-refractivity contribution in [2.45, 2.75) is 65.4 Å². The summed E-state index contributed by atoms with van der Waals surface area (Å²) in [5.41, 5.74) is 0.452. The Morgan fingerprint density at radius 3 is 2.57 bits per heavy atom. The van der Waals surface area contributed by atoms with Gasteiger partial charge < -0.3 is 15.3 Å². The van der Waals surface area contributed by atoms with Crippen LogP contribution >= 0.6 is 0 Å². The Labute approximate surface area is 131 Å². The van der Waals surface area contributed by atoms with Crippen molar-refractivity contribution >= 4 is 0 Å². The van der Waals surface area contributed by atoms with E-state index < -0.39 is 0 Å². The lowest BCUT2D eigenvalue weighted by Crippen LogP contribution is -2.51. The fraction of sp³-hybridized carbons (Fsp3) is 1.00. The van der Waals surface area contributed by atoms with Gasteiger partial charge in [0.15, 0.2) is 0 Å². The Kier molecular flexibility index (Phi) is 6.51. The molecule has 0 radical (unpaired) electrons. The van der Waals surface area contributed by atoms with Gasteiger partial charge in [0, 0.05) is 19.6 Å². The van der Waals surface area contributed by atoms with Crippen LogP contribution in [0.1, 0.15) is 59.3 Å². The number of nitrogens with one attached hydrogen (secondary N) is 1. The molecule has 2 unspecified atom stereocenters. The molecule has 1 heterocycles. The number of aliphatic hydroxyl groups excluding tert-OH is 1. The summed E-state index contributed by atoms with van der Waals surface area (Å²) in [5.74, 6) is 1.20. The van der Waals surface area contributed by atoms with Crippen molar-refractivity contribution in [3.05, 3.63) is 0 Å². The van der Waals surface area contributed by atoms with Crippen LogP contribution in [0.15, 0.2) is 0 Å². The highest BCUT2D eigenvalue weighted by atomic mass is 16.3. The topological polar surface area (TPSA) is 35.5 Å². The zero-order valence-electron chi connectivity index (χ0n) is 14.4. The standard InChI is InChI=1S/C18H36N2O/c1-15(2)11-19-13-18(8-5-4-6-9-18)14-20-10-7-16(3)17(21)12-20/h15-17,19,21H,4-14H2,1-3H3. The first-order valence-electron chi connectivity index (χ1n) is 9.12. The van der Waals surface area contributed by atoms with Crippen molar-refractivity contribution in [1.82, 2.24) is 10.2 Å². The zero-order chi connectivity index (χ0) is 15.3. The molecule has 0 spiro atoms. The van der Waals surface area contributed by atoms with E-state index in [-0.39, 0.29) is 6.10 Å². The molecule has 0 amide bonds. The molecule has 2 N–H and O–H groups in total. The third-order valence-corrected chi connectivity index (χ3v) is 5.53. The van der Waals surface area contributed by atoms with E-state index in [1.165, 1.54) is 45.2 Å². The molecule has 3 nitrogen and oxygen atoms in total. The molecular weight excluding hydrogens is 260 g/mol. The van der Waals surface area contributed by atoms with Crippen molar-refractivity contribution in [3.8, 4) is 0 Å². The summed E-state index contributed by atoms with van der Waals surface area (Å²) >= 11 is 0. The van der Waals surface area contributed by atoms with Crippen LogP contribution < -0.4 is 5.32 Å². The van der Waals surface area contributed by atoms with Gasteiger partial charge in [-0.3, -0.25) is 0 Å². The molecule has 124 valence electrons. The van der Waals surface area contributed by atoms with Gasteiger partial charge in [0.25, 0.3) is 0 Å². The molecule has 21 heavy (non-hydrogen) atoms. The highest BCUT2D eigenvalue weighted by Gasteiger charge is 2.35. The molecule has 1 saturated heterocycles. The fourth-order valence-electron chi connectivity index (χ4n) is 4.05. The summed E-state index contributed by atoms with van der Waals surface area (Å²) in [5, 5.41) is 13.9. The van der Waals surface area contributed by atoms with Crippen molar-refractivity contribution in [1.29, 1.82) is 0 Å². The summed E-state index contributed by atoms with van der Waals surface area (Å²) in [4.78, 5) is 2.53. The molecule has 0 aromatic rings. The van der Waals surface area contributed by atoms with Crippen LogP contribution in [0.4, 0.5) is 0 Å². The molecule has 2 fully saturated rings. The van der Waals surface area contributed by atoms with Crippen LogP contribution in [0.2, 0.25) is 0 Å².